The van der Waals surface area contributed by atoms with E-state index in [0.717, 1.165) is 16.3 Å². The van der Waals surface area contributed by atoms with Crippen LogP contribution in [0.1, 0.15) is 23.4 Å². The van der Waals surface area contributed by atoms with Crippen molar-refractivity contribution in [3.63, 3.8) is 0 Å². The van der Waals surface area contributed by atoms with Crippen LogP contribution in [0.5, 0.6) is 5.75 Å². The third kappa shape index (κ3) is 5.29. The van der Waals surface area contributed by atoms with E-state index in [0.29, 0.717) is 24.4 Å². The molecule has 0 saturated heterocycles. The van der Waals surface area contributed by atoms with Crippen molar-refractivity contribution in [3.8, 4) is 11.4 Å². The summed E-state index contributed by atoms with van der Waals surface area (Å²) in [4.78, 5) is 25.3. The summed E-state index contributed by atoms with van der Waals surface area (Å²) in [5.74, 6) is -0.991. The van der Waals surface area contributed by atoms with Crippen LogP contribution in [-0.4, -0.2) is 46.4 Å². The maximum atomic E-state index is 13.5. The van der Waals surface area contributed by atoms with E-state index >= 15 is 0 Å². The Hall–Kier alpha value is -3.86. The molecule has 3 aromatic rings. The second-order valence-corrected chi connectivity index (χ2v) is 8.02. The van der Waals surface area contributed by atoms with Crippen LogP contribution in [0.3, 0.4) is 0 Å². The minimum atomic E-state index is -4.59. The Labute approximate surface area is 198 Å². The number of carbonyl (C=O) groups is 2. The maximum Gasteiger partial charge on any atom is 0.433 e. The van der Waals surface area contributed by atoms with Gasteiger partial charge in [0.05, 0.1) is 18.2 Å². The van der Waals surface area contributed by atoms with Crippen LogP contribution in [-0.2, 0) is 28.8 Å². The average Bonchev–Trinajstić information content (AvgIpc) is 3.45. The van der Waals surface area contributed by atoms with Crippen molar-refractivity contribution in [2.75, 3.05) is 18.5 Å². The number of alkyl halides is 3. The Morgan fingerprint density at radius 2 is 1.91 bits per heavy atom. The van der Waals surface area contributed by atoms with Crippen molar-refractivity contribution < 1.29 is 32.6 Å². The number of ether oxygens (including phenoxy) is 1. The number of carboxylic acid groups (broad SMARTS) is 1. The van der Waals surface area contributed by atoms with Gasteiger partial charge in [-0.15, -0.1) is 0 Å². The Morgan fingerprint density at radius 3 is 2.57 bits per heavy atom. The van der Waals surface area contributed by atoms with Gasteiger partial charge < -0.3 is 20.1 Å². The van der Waals surface area contributed by atoms with Crippen molar-refractivity contribution in [2.45, 2.75) is 31.7 Å². The smallest absolute Gasteiger partial charge is 0.433 e. The van der Waals surface area contributed by atoms with Gasteiger partial charge in [-0.2, -0.15) is 18.3 Å². The molecule has 0 fully saturated rings. The lowest BCUT2D eigenvalue weighted by molar-refractivity contribution is -0.143. The number of rotatable bonds is 8. The number of carbonyl (C=O) groups excluding carboxylic acids is 1. The molecule has 4 rings (SSSR count). The van der Waals surface area contributed by atoms with Crippen molar-refractivity contribution in [1.29, 1.82) is 0 Å². The summed E-state index contributed by atoms with van der Waals surface area (Å²) < 4.78 is 47.2. The molecule has 11 heteroatoms. The van der Waals surface area contributed by atoms with Crippen LogP contribution in [0.2, 0.25) is 0 Å². The van der Waals surface area contributed by atoms with Gasteiger partial charge in [-0.1, -0.05) is 18.2 Å². The third-order valence-electron chi connectivity index (χ3n) is 5.68. The zero-order chi connectivity index (χ0) is 25.2. The summed E-state index contributed by atoms with van der Waals surface area (Å²) in [6.45, 7) is 0.219. The fourth-order valence-electron chi connectivity index (χ4n) is 4.00. The van der Waals surface area contributed by atoms with Crippen molar-refractivity contribution in [1.82, 2.24) is 15.1 Å². The van der Waals surface area contributed by atoms with E-state index in [9.17, 15) is 22.8 Å². The normalized spacial score (nSPS) is 14.0. The number of aliphatic carboxylic acids is 1. The lowest BCUT2D eigenvalue weighted by Crippen LogP contribution is -2.45. The van der Waals surface area contributed by atoms with E-state index in [4.69, 9.17) is 9.84 Å². The molecule has 1 aromatic heterocycles. The molecule has 0 saturated carbocycles. The number of fused-ring (bicyclic) bond motifs is 1. The molecule has 8 nitrogen and oxygen atoms in total. The molecule has 35 heavy (non-hydrogen) atoms. The van der Waals surface area contributed by atoms with Crippen LogP contribution in [0.15, 0.2) is 54.6 Å². The number of aromatic nitrogens is 2. The lowest BCUT2D eigenvalue weighted by Gasteiger charge is -2.23. The van der Waals surface area contributed by atoms with Gasteiger partial charge in [0.15, 0.2) is 0 Å². The average molecular weight is 488 g/mol. The van der Waals surface area contributed by atoms with Gasteiger partial charge >= 0.3 is 12.1 Å². The van der Waals surface area contributed by atoms with Gasteiger partial charge in [-0.3, -0.25) is 9.59 Å². The molecule has 0 unspecified atom stereocenters. The van der Waals surface area contributed by atoms with Crippen LogP contribution in [0.4, 0.5) is 18.9 Å². The van der Waals surface area contributed by atoms with Gasteiger partial charge in [0.25, 0.3) is 0 Å². The van der Waals surface area contributed by atoms with Crippen molar-refractivity contribution in [3.05, 3.63) is 71.5 Å². The third-order valence-corrected chi connectivity index (χ3v) is 5.68. The van der Waals surface area contributed by atoms with E-state index in [2.05, 4.69) is 10.4 Å². The number of amides is 1. The fraction of sp³-hybridized carbons (Fsp3) is 0.292. The van der Waals surface area contributed by atoms with E-state index in [1.54, 1.807) is 36.4 Å². The first-order valence-electron chi connectivity index (χ1n) is 10.8. The summed E-state index contributed by atoms with van der Waals surface area (Å²) in [7, 11) is 1.53. The van der Waals surface area contributed by atoms with Crippen LogP contribution >= 0.6 is 0 Å². The molecule has 1 aliphatic rings. The molecule has 0 bridgehead atoms. The summed E-state index contributed by atoms with van der Waals surface area (Å²) in [6.07, 6.45) is -4.38. The first kappa shape index (κ1) is 24.3. The van der Waals surface area contributed by atoms with Gasteiger partial charge in [0.1, 0.15) is 23.7 Å². The molecule has 1 aliphatic heterocycles. The number of nitrogens with zero attached hydrogens (tertiary/aromatic N) is 3. The molecular formula is C24H23F3N4O4. The molecule has 2 heterocycles. The Bertz CT molecular complexity index is 1230. The van der Waals surface area contributed by atoms with Crippen molar-refractivity contribution >= 4 is 17.6 Å². The number of nitrogens with one attached hydrogen (secondary N) is 1. The standard InChI is InChI=1S/C24H23F3N4O4/c1-28-19(13-22(32)33)23(34)30-10-9-15-11-18(7-8-20(15)30)35-14-16-12-21(24(25,26)27)31(29-16)17-5-3-2-4-6-17/h2-8,11-12,19,28H,9-10,13-14H2,1H3,(H,32,33)/t19-/m1/s1. The number of benzene rings is 2. The van der Waals surface area contributed by atoms with Gasteiger partial charge in [0.2, 0.25) is 5.91 Å². The quantitative estimate of drug-likeness (QED) is 0.505. The highest BCUT2D eigenvalue weighted by Crippen LogP contribution is 2.34. The van der Waals surface area contributed by atoms with E-state index in [1.807, 2.05) is 0 Å². The van der Waals surface area contributed by atoms with Crippen LogP contribution in [0.25, 0.3) is 5.69 Å². The highest BCUT2D eigenvalue weighted by Gasteiger charge is 2.36. The monoisotopic (exact) mass is 488 g/mol. The highest BCUT2D eigenvalue weighted by molar-refractivity contribution is 6.00. The predicted octanol–water partition coefficient (Wildman–Crippen LogP) is 3.42. The fourth-order valence-corrected chi connectivity index (χ4v) is 4.00. The Balaban J connectivity index is 1.49. The summed E-state index contributed by atoms with van der Waals surface area (Å²) in [5.41, 5.74) is 0.985. The topological polar surface area (TPSA) is 96.7 Å². The molecule has 1 amide bonds. The summed E-state index contributed by atoms with van der Waals surface area (Å²) >= 11 is 0. The van der Waals surface area contributed by atoms with E-state index in [-0.39, 0.29) is 30.3 Å². The minimum Gasteiger partial charge on any atom is -0.487 e. The second-order valence-electron chi connectivity index (χ2n) is 8.02. The summed E-state index contributed by atoms with van der Waals surface area (Å²) in [6, 6.07) is 13.2. The zero-order valence-corrected chi connectivity index (χ0v) is 18.7. The Morgan fingerprint density at radius 1 is 1.17 bits per heavy atom. The van der Waals surface area contributed by atoms with Gasteiger partial charge in [-0.25, -0.2) is 4.68 Å². The molecule has 184 valence electrons. The number of para-hydroxylation sites is 1. The number of hydrogen-bond acceptors (Lipinski definition) is 5. The molecule has 2 N–H and O–H groups in total. The maximum absolute atomic E-state index is 13.5. The minimum absolute atomic E-state index is 0.115. The molecule has 0 spiro atoms. The molecule has 0 radical (unpaired) electrons. The summed E-state index contributed by atoms with van der Waals surface area (Å²) in [5, 5.41) is 15.8. The zero-order valence-electron chi connectivity index (χ0n) is 18.7. The van der Waals surface area contributed by atoms with E-state index in [1.165, 1.54) is 24.1 Å². The highest BCUT2D eigenvalue weighted by atomic mass is 19.4. The van der Waals surface area contributed by atoms with Crippen LogP contribution < -0.4 is 15.0 Å². The largest absolute Gasteiger partial charge is 0.487 e. The first-order chi connectivity index (χ1) is 16.7. The number of anilines is 1. The molecular weight excluding hydrogens is 465 g/mol. The predicted molar refractivity (Wildman–Crippen MR) is 120 cm³/mol. The number of halogens is 3. The molecule has 1 atom stereocenters. The van der Waals surface area contributed by atoms with Gasteiger partial charge in [0, 0.05) is 12.2 Å². The first-order valence-corrected chi connectivity index (χ1v) is 10.8. The van der Waals surface area contributed by atoms with Crippen LogP contribution in [0, 0.1) is 0 Å². The second kappa shape index (κ2) is 9.79. The molecule has 2 aromatic carbocycles. The lowest BCUT2D eigenvalue weighted by atomic mass is 10.1. The number of likely N-dealkylation sites (N-methyl/N-ethyl adjacent to an activating group) is 1. The van der Waals surface area contributed by atoms with E-state index < -0.39 is 23.9 Å². The van der Waals surface area contributed by atoms with Gasteiger partial charge in [-0.05, 0) is 55.4 Å². The molecule has 0 aliphatic carbocycles. The number of carboxylic acids is 1. The SMILES string of the molecule is CN[C@H](CC(=O)O)C(=O)N1CCc2cc(OCc3cc(C(F)(F)F)n(-c4ccccc4)n3)ccc21. The number of hydrogen-bond donors (Lipinski definition) is 2. The Kier molecular flexibility index (Phi) is 6.79. The van der Waals surface area contributed by atoms with Crippen molar-refractivity contribution in [2.24, 2.45) is 0 Å².